The van der Waals surface area contributed by atoms with E-state index in [0.29, 0.717) is 5.75 Å². The highest BCUT2D eigenvalue weighted by Gasteiger charge is 2.42. The molecule has 0 bridgehead atoms. The Hall–Kier alpha value is -1.32. The lowest BCUT2D eigenvalue weighted by Gasteiger charge is -2.33. The number of rotatable bonds is 6. The summed E-state index contributed by atoms with van der Waals surface area (Å²) in [6.45, 7) is 10.6. The van der Waals surface area contributed by atoms with E-state index in [-0.39, 0.29) is 6.10 Å². The number of hydrogen-bond acceptors (Lipinski definition) is 4. The molecule has 0 aliphatic carbocycles. The van der Waals surface area contributed by atoms with Crippen LogP contribution in [0.2, 0.25) is 0 Å². The summed E-state index contributed by atoms with van der Waals surface area (Å²) in [6.07, 6.45) is -0.221. The van der Waals surface area contributed by atoms with Gasteiger partial charge in [-0.15, -0.1) is 0 Å². The summed E-state index contributed by atoms with van der Waals surface area (Å²) in [5.41, 5.74) is 0. The van der Waals surface area contributed by atoms with Crippen LogP contribution in [0.4, 0.5) is 0 Å². The largest absolute Gasteiger partial charge is 0.462 e. The molecule has 0 amide bonds. The topological polar surface area (TPSA) is 64.6 Å². The second-order valence-corrected chi connectivity index (χ2v) is 9.35. The average molecular weight is 327 g/mol. The number of para-hydroxylation sites is 1. The molecule has 124 valence electrons. The van der Waals surface area contributed by atoms with Crippen LogP contribution in [0.3, 0.4) is 0 Å². The van der Waals surface area contributed by atoms with E-state index in [2.05, 4.69) is 5.09 Å². The first-order valence-electron chi connectivity index (χ1n) is 7.38. The standard InChI is InChI=1S/C16H26NO4P/c1-12(2)20-15(18)13(3)17-22(19,16(4,5)6)21-14-10-8-7-9-11-14/h7-13H,1-6H3,(H,17,19)/t13-,22?/m0/s1. The molecule has 0 fully saturated rings. The Morgan fingerprint density at radius 1 is 1.14 bits per heavy atom. The Labute approximate surface area is 132 Å². The number of carbonyl (C=O) groups is 1. The van der Waals surface area contributed by atoms with Crippen molar-refractivity contribution in [2.75, 3.05) is 0 Å². The van der Waals surface area contributed by atoms with Gasteiger partial charge in [-0.1, -0.05) is 18.2 Å². The quantitative estimate of drug-likeness (QED) is 0.632. The molecule has 0 spiro atoms. The predicted octanol–water partition coefficient (Wildman–Crippen LogP) is 3.99. The van der Waals surface area contributed by atoms with Crippen LogP contribution in [0.1, 0.15) is 41.5 Å². The lowest BCUT2D eigenvalue weighted by molar-refractivity contribution is -0.149. The average Bonchev–Trinajstić information content (AvgIpc) is 2.37. The lowest BCUT2D eigenvalue weighted by Crippen LogP contribution is -2.40. The number of hydrogen-bond donors (Lipinski definition) is 1. The van der Waals surface area contributed by atoms with Gasteiger partial charge in [-0.05, 0) is 53.7 Å². The van der Waals surface area contributed by atoms with Gasteiger partial charge in [0.2, 0.25) is 0 Å². The zero-order chi connectivity index (χ0) is 17.0. The van der Waals surface area contributed by atoms with Gasteiger partial charge in [0.25, 0.3) is 0 Å². The van der Waals surface area contributed by atoms with Crippen LogP contribution >= 0.6 is 7.52 Å². The Bertz CT molecular complexity index is 537. The summed E-state index contributed by atoms with van der Waals surface area (Å²) in [6, 6.07) is 8.20. The van der Waals surface area contributed by atoms with E-state index >= 15 is 0 Å². The minimum absolute atomic E-state index is 0.221. The molecule has 0 saturated heterocycles. The third-order valence-electron chi connectivity index (χ3n) is 2.93. The van der Waals surface area contributed by atoms with E-state index in [1.54, 1.807) is 45.0 Å². The summed E-state index contributed by atoms with van der Waals surface area (Å²) < 4.78 is 24.1. The second kappa shape index (κ2) is 7.30. The molecule has 0 saturated carbocycles. The molecule has 0 heterocycles. The number of carbonyl (C=O) groups excluding carboxylic acids is 1. The van der Waals surface area contributed by atoms with E-state index < -0.39 is 24.7 Å². The minimum Gasteiger partial charge on any atom is -0.462 e. The molecule has 2 atom stereocenters. The zero-order valence-electron chi connectivity index (χ0n) is 14.1. The zero-order valence-corrected chi connectivity index (χ0v) is 15.0. The number of nitrogens with one attached hydrogen (secondary N) is 1. The third kappa shape index (κ3) is 5.15. The predicted molar refractivity (Wildman–Crippen MR) is 88.3 cm³/mol. The summed E-state index contributed by atoms with van der Waals surface area (Å²) in [5, 5.41) is 2.17. The minimum atomic E-state index is -3.33. The molecular formula is C16H26NO4P. The van der Waals surface area contributed by atoms with E-state index in [1.807, 2.05) is 26.8 Å². The van der Waals surface area contributed by atoms with Crippen molar-refractivity contribution >= 4 is 13.5 Å². The molecule has 5 nitrogen and oxygen atoms in total. The third-order valence-corrected chi connectivity index (χ3v) is 5.89. The van der Waals surface area contributed by atoms with Crippen molar-refractivity contribution in [1.29, 1.82) is 0 Å². The SMILES string of the molecule is CC(C)OC(=O)[C@H](C)NP(=O)(Oc1ccccc1)C(C)(C)C. The summed E-state index contributed by atoms with van der Waals surface area (Å²) in [7, 11) is -3.33. The maximum Gasteiger partial charge on any atom is 0.323 e. The Morgan fingerprint density at radius 3 is 2.14 bits per heavy atom. The van der Waals surface area contributed by atoms with Crippen molar-refractivity contribution in [3.05, 3.63) is 30.3 Å². The van der Waals surface area contributed by atoms with Gasteiger partial charge in [0.15, 0.2) is 0 Å². The lowest BCUT2D eigenvalue weighted by atomic mass is 10.3. The first kappa shape index (κ1) is 18.7. The fraction of sp³-hybridized carbons (Fsp3) is 0.562. The van der Waals surface area contributed by atoms with Crippen molar-refractivity contribution in [2.24, 2.45) is 0 Å². The van der Waals surface area contributed by atoms with Gasteiger partial charge in [0, 0.05) is 0 Å². The number of benzene rings is 1. The van der Waals surface area contributed by atoms with Crippen molar-refractivity contribution < 1.29 is 18.6 Å². The first-order chi connectivity index (χ1) is 10.0. The van der Waals surface area contributed by atoms with Crippen LogP contribution in [0.15, 0.2) is 30.3 Å². The van der Waals surface area contributed by atoms with Crippen molar-refractivity contribution in [3.8, 4) is 5.75 Å². The summed E-state index contributed by atoms with van der Waals surface area (Å²) in [4.78, 5) is 11.9. The Kier molecular flexibility index (Phi) is 6.21. The van der Waals surface area contributed by atoms with Gasteiger partial charge >= 0.3 is 13.5 Å². The molecule has 1 rings (SSSR count). The van der Waals surface area contributed by atoms with Gasteiger partial charge in [0.1, 0.15) is 11.8 Å². The molecule has 6 heteroatoms. The van der Waals surface area contributed by atoms with Crippen LogP contribution in [0, 0.1) is 0 Å². The maximum atomic E-state index is 13.3. The van der Waals surface area contributed by atoms with Crippen LogP contribution < -0.4 is 9.61 Å². The molecule has 0 aromatic heterocycles. The van der Waals surface area contributed by atoms with E-state index in [0.717, 1.165) is 0 Å². The van der Waals surface area contributed by atoms with Crippen LogP contribution in [-0.2, 0) is 14.1 Å². The monoisotopic (exact) mass is 327 g/mol. The highest BCUT2D eigenvalue weighted by atomic mass is 31.2. The Morgan fingerprint density at radius 2 is 1.68 bits per heavy atom. The maximum absolute atomic E-state index is 13.3. The van der Waals surface area contributed by atoms with Gasteiger partial charge in [-0.2, -0.15) is 0 Å². The fourth-order valence-electron chi connectivity index (χ4n) is 1.63. The van der Waals surface area contributed by atoms with Gasteiger partial charge < -0.3 is 9.26 Å². The second-order valence-electron chi connectivity index (χ2n) is 6.46. The first-order valence-corrected chi connectivity index (χ1v) is 9.01. The molecule has 0 radical (unpaired) electrons. The molecule has 1 unspecified atom stereocenters. The van der Waals surface area contributed by atoms with Crippen LogP contribution in [-0.4, -0.2) is 23.3 Å². The smallest absolute Gasteiger partial charge is 0.323 e. The van der Waals surface area contributed by atoms with E-state index in [9.17, 15) is 9.36 Å². The van der Waals surface area contributed by atoms with E-state index in [4.69, 9.17) is 9.26 Å². The molecule has 1 N–H and O–H groups in total. The van der Waals surface area contributed by atoms with Gasteiger partial charge in [-0.3, -0.25) is 9.36 Å². The Balaban J connectivity index is 2.94. The highest BCUT2D eigenvalue weighted by Crippen LogP contribution is 2.55. The molecule has 22 heavy (non-hydrogen) atoms. The van der Waals surface area contributed by atoms with Crippen molar-refractivity contribution in [3.63, 3.8) is 0 Å². The van der Waals surface area contributed by atoms with Crippen LogP contribution in [0.25, 0.3) is 0 Å². The molecule has 0 aliphatic rings. The van der Waals surface area contributed by atoms with Crippen molar-refractivity contribution in [2.45, 2.75) is 58.8 Å². The summed E-state index contributed by atoms with van der Waals surface area (Å²) >= 11 is 0. The normalized spacial score (nSPS) is 16.0. The van der Waals surface area contributed by atoms with Gasteiger partial charge in [0.05, 0.1) is 11.3 Å². The molecule has 0 aliphatic heterocycles. The van der Waals surface area contributed by atoms with Crippen LogP contribution in [0.5, 0.6) is 5.75 Å². The molecular weight excluding hydrogens is 301 g/mol. The summed E-state index contributed by atoms with van der Waals surface area (Å²) in [5.74, 6) is 0.0498. The fourth-order valence-corrected chi connectivity index (χ4v) is 3.38. The van der Waals surface area contributed by atoms with Crippen molar-refractivity contribution in [1.82, 2.24) is 5.09 Å². The van der Waals surface area contributed by atoms with Gasteiger partial charge in [-0.25, -0.2) is 5.09 Å². The molecule has 1 aromatic carbocycles. The number of esters is 1. The highest BCUT2D eigenvalue weighted by molar-refractivity contribution is 7.59. The number of ether oxygens (including phenoxy) is 1. The molecule has 1 aromatic rings. The van der Waals surface area contributed by atoms with E-state index in [1.165, 1.54) is 0 Å².